The molecule has 1 atom stereocenters. The number of hydrogen-bond donors (Lipinski definition) is 1. The normalized spacial score (nSPS) is 15.9. The van der Waals surface area contributed by atoms with E-state index < -0.39 is 30.5 Å². The van der Waals surface area contributed by atoms with Crippen molar-refractivity contribution >= 4 is 46.5 Å². The predicted octanol–water partition coefficient (Wildman–Crippen LogP) is 2.34. The first kappa shape index (κ1) is 30.1. The molecule has 0 saturated carbocycles. The third-order valence-corrected chi connectivity index (χ3v) is 12.0. The maximum atomic E-state index is 14.3. The summed E-state index contributed by atoms with van der Waals surface area (Å²) in [4.78, 5) is 42.3. The van der Waals surface area contributed by atoms with Gasteiger partial charge in [-0.05, 0) is 54.1 Å². The minimum atomic E-state index is -2.61. The van der Waals surface area contributed by atoms with E-state index in [0.29, 0.717) is 16.8 Å². The molecule has 1 N–H and O–H groups in total. The van der Waals surface area contributed by atoms with Gasteiger partial charge in [-0.15, -0.1) is 0 Å². The van der Waals surface area contributed by atoms with Crippen LogP contribution in [0, 0.1) is 0 Å². The van der Waals surface area contributed by atoms with E-state index in [-0.39, 0.29) is 29.6 Å². The lowest BCUT2D eigenvalue weighted by Crippen LogP contribution is -3.00. The molecule has 0 saturated heterocycles. The summed E-state index contributed by atoms with van der Waals surface area (Å²) in [6, 6.07) is 45.9. The number of para-hydroxylation sites is 1. The molecule has 1 aliphatic heterocycles. The topological polar surface area (TPSA) is 72.5 Å². The first-order chi connectivity index (χ1) is 20.5. The molecule has 214 valence electrons. The first-order valence-corrected chi connectivity index (χ1v) is 15.8. The van der Waals surface area contributed by atoms with Crippen molar-refractivity contribution in [1.29, 1.82) is 0 Å². The van der Waals surface area contributed by atoms with Gasteiger partial charge in [0.05, 0.1) is 5.69 Å². The molecule has 0 spiro atoms. The Morgan fingerprint density at radius 1 is 0.628 bits per heavy atom. The number of hydrogen-bond acceptors (Lipinski definition) is 4. The molecular weight excluding hydrogens is 621 g/mol. The minimum absolute atomic E-state index is 0. The van der Waals surface area contributed by atoms with Crippen molar-refractivity contribution in [2.24, 2.45) is 0 Å². The van der Waals surface area contributed by atoms with Gasteiger partial charge in [-0.2, -0.15) is 0 Å². The Morgan fingerprint density at radius 3 is 1.58 bits per heavy atom. The van der Waals surface area contributed by atoms with Gasteiger partial charge in [0.15, 0.2) is 6.16 Å². The van der Waals surface area contributed by atoms with Gasteiger partial charge in [-0.1, -0.05) is 97.1 Å². The lowest BCUT2D eigenvalue weighted by Gasteiger charge is -2.35. The summed E-state index contributed by atoms with van der Waals surface area (Å²) in [5, 5.41) is 5.84. The van der Waals surface area contributed by atoms with Gasteiger partial charge in [-0.25, -0.2) is 4.79 Å². The number of benzene rings is 5. The highest BCUT2D eigenvalue weighted by atomic mass is 79.9. The van der Waals surface area contributed by atoms with E-state index >= 15 is 0 Å². The molecule has 7 heteroatoms. The predicted molar refractivity (Wildman–Crippen MR) is 168 cm³/mol. The van der Waals surface area contributed by atoms with Crippen LogP contribution >= 0.6 is 7.26 Å². The van der Waals surface area contributed by atoms with Crippen LogP contribution in [0.5, 0.6) is 0 Å². The second-order valence-electron chi connectivity index (χ2n) is 10.3. The molecule has 0 bridgehead atoms. The largest absolute Gasteiger partial charge is 1.00 e. The highest BCUT2D eigenvalue weighted by Gasteiger charge is 2.56. The summed E-state index contributed by atoms with van der Waals surface area (Å²) >= 11 is 0. The molecule has 0 fully saturated rings. The first-order valence-electron chi connectivity index (χ1n) is 13.8. The summed E-state index contributed by atoms with van der Waals surface area (Å²) in [7, 11) is -2.61. The van der Waals surface area contributed by atoms with E-state index in [4.69, 9.17) is 4.74 Å². The Morgan fingerprint density at radius 2 is 1.07 bits per heavy atom. The molecule has 6 rings (SSSR count). The Balaban J connectivity index is 0.00000368. The lowest BCUT2D eigenvalue weighted by molar-refractivity contribution is -0.159. The van der Waals surface area contributed by atoms with Crippen molar-refractivity contribution in [2.45, 2.75) is 12.0 Å². The van der Waals surface area contributed by atoms with Gasteiger partial charge in [0.25, 0.3) is 11.5 Å². The van der Waals surface area contributed by atoms with Crippen molar-refractivity contribution in [3.63, 3.8) is 0 Å². The molecule has 0 radical (unpaired) electrons. The zero-order valence-electron chi connectivity index (χ0n) is 23.2. The smallest absolute Gasteiger partial charge is 0.346 e. The molecule has 1 heterocycles. The van der Waals surface area contributed by atoms with Gasteiger partial charge in [0.1, 0.15) is 23.2 Å². The number of nitrogens with one attached hydrogen (secondary N) is 1. The fourth-order valence-electron chi connectivity index (χ4n) is 5.70. The van der Waals surface area contributed by atoms with Crippen molar-refractivity contribution in [1.82, 2.24) is 0 Å². The molecule has 0 aliphatic carbocycles. The van der Waals surface area contributed by atoms with Crippen LogP contribution in [0.15, 0.2) is 146 Å². The fourth-order valence-corrected chi connectivity index (χ4v) is 9.63. The van der Waals surface area contributed by atoms with E-state index in [9.17, 15) is 14.4 Å². The van der Waals surface area contributed by atoms with Gasteiger partial charge in [0.2, 0.25) is 5.78 Å². The van der Waals surface area contributed by atoms with Crippen LogP contribution in [0.2, 0.25) is 0 Å². The summed E-state index contributed by atoms with van der Waals surface area (Å²) in [6.45, 7) is 0. The molecular formula is C36H29BrNO4P. The second-order valence-corrected chi connectivity index (χ2v) is 13.8. The second kappa shape index (κ2) is 12.9. The zero-order chi connectivity index (χ0) is 29.0. The van der Waals surface area contributed by atoms with Crippen LogP contribution in [0.25, 0.3) is 0 Å². The highest BCUT2D eigenvalue weighted by molar-refractivity contribution is 7.96. The van der Waals surface area contributed by atoms with Crippen LogP contribution in [0.4, 0.5) is 5.69 Å². The minimum Gasteiger partial charge on any atom is -1.00 e. The lowest BCUT2D eigenvalue weighted by atomic mass is 9.82. The van der Waals surface area contributed by atoms with E-state index in [1.807, 2.05) is 121 Å². The molecule has 5 nitrogen and oxygen atoms in total. The number of anilines is 1. The van der Waals surface area contributed by atoms with Crippen molar-refractivity contribution in [3.05, 3.63) is 157 Å². The summed E-state index contributed by atoms with van der Waals surface area (Å²) in [5.74, 6) is -1.78. The van der Waals surface area contributed by atoms with Crippen LogP contribution < -0.4 is 38.2 Å². The molecule has 1 amide bonds. The number of carbonyl (C=O) groups excluding carboxylic acids is 3. The van der Waals surface area contributed by atoms with E-state index in [1.165, 1.54) is 0 Å². The number of ether oxygens (including phenoxy) is 1. The van der Waals surface area contributed by atoms with Gasteiger partial charge < -0.3 is 27.0 Å². The zero-order valence-corrected chi connectivity index (χ0v) is 25.7. The van der Waals surface area contributed by atoms with Gasteiger partial charge in [0, 0.05) is 12.0 Å². The molecule has 0 aromatic heterocycles. The van der Waals surface area contributed by atoms with Crippen LogP contribution in [0.1, 0.15) is 15.9 Å². The number of ketones is 1. The fraction of sp³-hybridized carbons (Fsp3) is 0.0833. The number of esters is 1. The van der Waals surface area contributed by atoms with Crippen molar-refractivity contribution in [2.75, 3.05) is 11.5 Å². The number of rotatable bonds is 8. The summed E-state index contributed by atoms with van der Waals surface area (Å²) < 4.78 is 6.21. The maximum absolute atomic E-state index is 14.3. The quantitative estimate of drug-likeness (QED) is 0.159. The summed E-state index contributed by atoms with van der Waals surface area (Å²) in [6.07, 6.45) is -0.101. The van der Waals surface area contributed by atoms with Crippen molar-refractivity contribution in [3.8, 4) is 0 Å². The van der Waals surface area contributed by atoms with Crippen molar-refractivity contribution < 1.29 is 36.1 Å². The third-order valence-electron chi connectivity index (χ3n) is 7.69. The number of fused-ring (bicyclic) bond motifs is 1. The monoisotopic (exact) mass is 649 g/mol. The van der Waals surface area contributed by atoms with Gasteiger partial charge >= 0.3 is 5.97 Å². The number of carbonyl (C=O) groups is 3. The van der Waals surface area contributed by atoms with Crippen LogP contribution in [0.3, 0.4) is 0 Å². The number of Topliss-reactive ketones (excluding diaryl/α,β-unsaturated/α-hetero) is 1. The number of halogens is 1. The van der Waals surface area contributed by atoms with E-state index in [0.717, 1.165) is 15.9 Å². The molecule has 43 heavy (non-hydrogen) atoms. The molecule has 1 unspecified atom stereocenters. The third kappa shape index (κ3) is 5.69. The Hall–Kier alpha value is -4.38. The van der Waals surface area contributed by atoms with Crippen LogP contribution in [-0.2, 0) is 20.7 Å². The maximum Gasteiger partial charge on any atom is 0.346 e. The van der Waals surface area contributed by atoms with Crippen LogP contribution in [-0.4, -0.2) is 29.4 Å². The van der Waals surface area contributed by atoms with Gasteiger partial charge in [-0.3, -0.25) is 9.59 Å². The number of amides is 1. The average molecular weight is 651 g/mol. The Bertz CT molecular complexity index is 1640. The van der Waals surface area contributed by atoms with E-state index in [2.05, 4.69) is 5.32 Å². The average Bonchev–Trinajstić information content (AvgIpc) is 3.04. The molecule has 5 aromatic carbocycles. The summed E-state index contributed by atoms with van der Waals surface area (Å²) in [5.41, 5.74) is -0.613. The molecule has 1 aliphatic rings. The Kier molecular flexibility index (Phi) is 9.00. The highest BCUT2D eigenvalue weighted by Crippen LogP contribution is 2.55. The standard InChI is InChI=1S/C36H28NO4P.BrH/c38-33(26-42(28-17-7-2-8-18-28,29-19-9-3-10-20-29)30-21-11-4-12-22-30)41-36(25-27-15-5-1-6-16-27)34(39)31-23-13-14-24-32(31)37-35(36)40;/h1-24H,25-26H2;1H. The molecule has 5 aromatic rings. The Labute approximate surface area is 262 Å². The SMILES string of the molecule is O=C(C[P+](c1ccccc1)(c1ccccc1)c1ccccc1)OC1(Cc2ccccc2)C(=O)Nc2ccccc2C1=O.[Br-]. The van der Waals surface area contributed by atoms with E-state index in [1.54, 1.807) is 24.3 Å².